The van der Waals surface area contributed by atoms with Crippen LogP contribution in [0.2, 0.25) is 0 Å². The van der Waals surface area contributed by atoms with E-state index >= 15 is 0 Å². The van der Waals surface area contributed by atoms with Gasteiger partial charge in [-0.1, -0.05) is 5.16 Å². The number of nitro groups is 1. The van der Waals surface area contributed by atoms with E-state index < -0.39 is 35.2 Å². The van der Waals surface area contributed by atoms with E-state index in [1.54, 1.807) is 0 Å². The van der Waals surface area contributed by atoms with Gasteiger partial charge in [0.1, 0.15) is 6.10 Å². The number of benzene rings is 1. The lowest BCUT2D eigenvalue weighted by Crippen LogP contribution is -2.26. The van der Waals surface area contributed by atoms with Gasteiger partial charge in [-0.2, -0.15) is 13.2 Å². The van der Waals surface area contributed by atoms with Crippen LogP contribution in [0, 0.1) is 22.9 Å². The lowest BCUT2D eigenvalue weighted by atomic mass is 10.1. The summed E-state index contributed by atoms with van der Waals surface area (Å²) in [7, 11) is 0. The highest BCUT2D eigenvalue weighted by Crippen LogP contribution is 2.28. The van der Waals surface area contributed by atoms with Gasteiger partial charge in [0.05, 0.1) is 23.2 Å². The van der Waals surface area contributed by atoms with E-state index in [1.807, 2.05) is 0 Å². The molecule has 1 aliphatic heterocycles. The van der Waals surface area contributed by atoms with Crippen molar-refractivity contribution >= 4 is 17.1 Å². The number of halogens is 4. The molecular weight excluding hydrogens is 310 g/mol. The molecule has 1 aromatic rings. The first-order valence-electron chi connectivity index (χ1n) is 6.16. The molecule has 6 nitrogen and oxygen atoms in total. The highest BCUT2D eigenvalue weighted by molar-refractivity contribution is 5.90. The Morgan fingerprint density at radius 2 is 2.18 bits per heavy atom. The van der Waals surface area contributed by atoms with Crippen molar-refractivity contribution in [2.45, 2.75) is 25.6 Å². The summed E-state index contributed by atoms with van der Waals surface area (Å²) in [6, 6.07) is 1.97. The normalized spacial score (nSPS) is 17.9. The molecule has 1 aliphatic rings. The summed E-state index contributed by atoms with van der Waals surface area (Å²) in [6.07, 6.45) is -5.87. The second kappa shape index (κ2) is 5.78. The van der Waals surface area contributed by atoms with Crippen LogP contribution in [0.3, 0.4) is 0 Å². The second-order valence-corrected chi connectivity index (χ2v) is 4.72. The molecule has 1 atom stereocenters. The van der Waals surface area contributed by atoms with Gasteiger partial charge in [-0.05, 0) is 13.0 Å². The zero-order valence-corrected chi connectivity index (χ0v) is 11.3. The van der Waals surface area contributed by atoms with Crippen molar-refractivity contribution in [1.29, 1.82) is 0 Å². The number of nitrogens with one attached hydrogen (secondary N) is 1. The molecule has 0 aromatic heterocycles. The zero-order chi connectivity index (χ0) is 16.5. The molecule has 1 N–H and O–H groups in total. The summed E-state index contributed by atoms with van der Waals surface area (Å²) in [6.45, 7) is 1.32. The van der Waals surface area contributed by atoms with Crippen LogP contribution in [0.5, 0.6) is 0 Å². The van der Waals surface area contributed by atoms with E-state index in [1.165, 1.54) is 13.0 Å². The minimum atomic E-state index is -4.55. The Hall–Kier alpha value is -2.39. The fraction of sp³-hybridized carbons (Fsp3) is 0.417. The number of oxime groups is 1. The molecule has 1 unspecified atom stereocenters. The van der Waals surface area contributed by atoms with Crippen molar-refractivity contribution in [1.82, 2.24) is 0 Å². The van der Waals surface area contributed by atoms with Gasteiger partial charge in [0.15, 0.2) is 11.5 Å². The van der Waals surface area contributed by atoms with Crippen molar-refractivity contribution in [3.05, 3.63) is 33.6 Å². The number of hydrogen-bond acceptors (Lipinski definition) is 5. The van der Waals surface area contributed by atoms with Gasteiger partial charge < -0.3 is 10.2 Å². The molecule has 0 amide bonds. The van der Waals surface area contributed by atoms with Gasteiger partial charge in [-0.25, -0.2) is 4.39 Å². The maximum atomic E-state index is 13.7. The summed E-state index contributed by atoms with van der Waals surface area (Å²) in [5, 5.41) is 16.2. The third-order valence-corrected chi connectivity index (χ3v) is 3.06. The van der Waals surface area contributed by atoms with E-state index in [0.717, 1.165) is 6.07 Å². The molecule has 2 rings (SSSR count). The fourth-order valence-corrected chi connectivity index (χ4v) is 1.93. The van der Waals surface area contributed by atoms with Gasteiger partial charge in [-0.15, -0.1) is 0 Å². The third kappa shape index (κ3) is 3.43. The van der Waals surface area contributed by atoms with Crippen molar-refractivity contribution in [3.63, 3.8) is 0 Å². The van der Waals surface area contributed by atoms with Crippen LogP contribution < -0.4 is 5.32 Å². The van der Waals surface area contributed by atoms with Crippen molar-refractivity contribution in [3.8, 4) is 0 Å². The molecule has 0 spiro atoms. The number of alkyl halides is 3. The first kappa shape index (κ1) is 16.0. The number of nitro benzene ring substituents is 1. The number of nitrogens with zero attached hydrogens (tertiary/aromatic N) is 2. The second-order valence-electron chi connectivity index (χ2n) is 4.72. The average Bonchev–Trinajstić information content (AvgIpc) is 2.87. The summed E-state index contributed by atoms with van der Waals surface area (Å²) in [5.74, 6) is -0.868. The standard InChI is InChI=1S/C12H11F4N3O3/c1-6-2-9(8(13)4-10(6)19(20)21)17-5-7-3-11(18-22-7)12(14,15)16/h2,4,7,17H,3,5H2,1H3. The van der Waals surface area contributed by atoms with E-state index in [2.05, 4.69) is 15.3 Å². The number of anilines is 1. The lowest BCUT2D eigenvalue weighted by molar-refractivity contribution is -0.385. The number of rotatable bonds is 4. The van der Waals surface area contributed by atoms with Gasteiger partial charge in [0, 0.05) is 12.0 Å². The molecule has 0 saturated heterocycles. The predicted molar refractivity (Wildman–Crippen MR) is 69.3 cm³/mol. The average molecular weight is 321 g/mol. The van der Waals surface area contributed by atoms with Crippen molar-refractivity contribution in [2.24, 2.45) is 5.16 Å². The monoisotopic (exact) mass is 321 g/mol. The van der Waals surface area contributed by atoms with E-state index in [0.29, 0.717) is 0 Å². The molecule has 10 heteroatoms. The molecule has 0 radical (unpaired) electrons. The van der Waals surface area contributed by atoms with Gasteiger partial charge in [-0.3, -0.25) is 10.1 Å². The maximum absolute atomic E-state index is 13.7. The first-order chi connectivity index (χ1) is 10.2. The minimum Gasteiger partial charge on any atom is -0.390 e. The predicted octanol–water partition coefficient (Wildman–Crippen LogP) is 3.16. The molecule has 1 aromatic carbocycles. The van der Waals surface area contributed by atoms with Crippen molar-refractivity contribution in [2.75, 3.05) is 11.9 Å². The van der Waals surface area contributed by atoms with E-state index in [4.69, 9.17) is 0 Å². The number of hydrogen-bond donors (Lipinski definition) is 1. The molecule has 0 aliphatic carbocycles. The first-order valence-corrected chi connectivity index (χ1v) is 6.16. The van der Waals surface area contributed by atoms with Gasteiger partial charge in [0.2, 0.25) is 0 Å². The van der Waals surface area contributed by atoms with Crippen LogP contribution in [0.25, 0.3) is 0 Å². The molecule has 0 fully saturated rings. The maximum Gasteiger partial charge on any atom is 0.432 e. The summed E-state index contributed by atoms with van der Waals surface area (Å²) in [4.78, 5) is 14.6. The smallest absolute Gasteiger partial charge is 0.390 e. The van der Waals surface area contributed by atoms with E-state index in [9.17, 15) is 27.7 Å². The van der Waals surface area contributed by atoms with Crippen LogP contribution >= 0.6 is 0 Å². The van der Waals surface area contributed by atoms with Crippen molar-refractivity contribution < 1.29 is 27.3 Å². The molecule has 120 valence electrons. The Bertz CT molecular complexity index is 631. The summed E-state index contributed by atoms with van der Waals surface area (Å²) < 4.78 is 50.9. The fourth-order valence-electron chi connectivity index (χ4n) is 1.93. The Labute approximate surface area is 121 Å². The molecule has 1 heterocycles. The number of aryl methyl sites for hydroxylation is 1. The molecule has 0 bridgehead atoms. The van der Waals surface area contributed by atoms with Gasteiger partial charge >= 0.3 is 6.18 Å². The largest absolute Gasteiger partial charge is 0.432 e. The quantitative estimate of drug-likeness (QED) is 0.525. The van der Waals surface area contributed by atoms with Crippen LogP contribution in [0.1, 0.15) is 12.0 Å². The van der Waals surface area contributed by atoms with Crippen LogP contribution in [-0.2, 0) is 4.84 Å². The highest BCUT2D eigenvalue weighted by Gasteiger charge is 2.41. The van der Waals surface area contributed by atoms with Gasteiger partial charge in [0.25, 0.3) is 5.69 Å². The third-order valence-electron chi connectivity index (χ3n) is 3.06. The van der Waals surface area contributed by atoms with Crippen LogP contribution in [0.4, 0.5) is 28.9 Å². The van der Waals surface area contributed by atoms with E-state index in [-0.39, 0.29) is 23.5 Å². The Balaban J connectivity index is 1.99. The Morgan fingerprint density at radius 3 is 2.73 bits per heavy atom. The molecule has 22 heavy (non-hydrogen) atoms. The van der Waals surface area contributed by atoms with Crippen LogP contribution in [0.15, 0.2) is 17.3 Å². The SMILES string of the molecule is Cc1cc(NCC2CC(C(F)(F)F)=NO2)c(F)cc1[N+](=O)[O-]. The lowest BCUT2D eigenvalue weighted by Gasteiger charge is -2.12. The highest BCUT2D eigenvalue weighted by atomic mass is 19.4. The zero-order valence-electron chi connectivity index (χ0n) is 11.3. The summed E-state index contributed by atoms with van der Waals surface area (Å²) in [5.41, 5.74) is -1.22. The molecule has 0 saturated carbocycles. The van der Waals surface area contributed by atoms with Crippen LogP contribution in [-0.4, -0.2) is 29.5 Å². The topological polar surface area (TPSA) is 76.8 Å². The summed E-state index contributed by atoms with van der Waals surface area (Å²) >= 11 is 0. The minimum absolute atomic E-state index is 0.0489. The Kier molecular flexibility index (Phi) is 4.20. The Morgan fingerprint density at radius 1 is 1.50 bits per heavy atom. The molecular formula is C12H11F4N3O3.